The van der Waals surface area contributed by atoms with Crippen molar-refractivity contribution in [3.8, 4) is 0 Å². The zero-order chi connectivity index (χ0) is 29.8. The summed E-state index contributed by atoms with van der Waals surface area (Å²) in [4.78, 5) is 51.1. The Balaban J connectivity index is 1.42. The van der Waals surface area contributed by atoms with Gasteiger partial charge in [0.1, 0.15) is 11.6 Å². The van der Waals surface area contributed by atoms with Crippen LogP contribution in [0, 0.1) is 11.6 Å². The fourth-order valence-electron chi connectivity index (χ4n) is 4.96. The number of rotatable bonds is 13. The number of Topliss-reactive ketones (excluding diaryl/α,β-unsaturated/α-hetero) is 4. The molecule has 0 saturated carbocycles. The molecule has 8 nitrogen and oxygen atoms in total. The number of carbonyl (C=O) groups is 4. The number of nitrogens with zero attached hydrogens (tertiary/aromatic N) is 3. The van der Waals surface area contributed by atoms with Crippen molar-refractivity contribution in [2.24, 2.45) is 26.9 Å². The predicted octanol–water partition coefficient (Wildman–Crippen LogP) is 4.18. The molecule has 0 amide bonds. The van der Waals surface area contributed by atoms with Crippen molar-refractivity contribution in [3.05, 3.63) is 106 Å². The molecule has 3 heterocycles. The van der Waals surface area contributed by atoms with Gasteiger partial charge in [0.15, 0.2) is 23.1 Å². The molecule has 0 spiro atoms. The van der Waals surface area contributed by atoms with Crippen LogP contribution in [0.2, 0.25) is 0 Å². The average molecular weight is 563 g/mol. The molecule has 1 aromatic carbocycles. The molecule has 0 fully saturated rings. The van der Waals surface area contributed by atoms with E-state index in [1.807, 2.05) is 0 Å². The molecule has 0 bridgehead atoms. The van der Waals surface area contributed by atoms with Crippen LogP contribution in [0.3, 0.4) is 0 Å². The molecule has 214 valence electrons. The van der Waals surface area contributed by atoms with E-state index in [9.17, 15) is 28.0 Å². The zero-order valence-electron chi connectivity index (χ0n) is 23.2. The lowest BCUT2D eigenvalue weighted by Crippen LogP contribution is -2.08. The molecular formula is C31H32F2N4O4. The summed E-state index contributed by atoms with van der Waals surface area (Å²) in [6.07, 6.45) is 6.06. The molecule has 2 N–H and O–H groups in total. The summed E-state index contributed by atoms with van der Waals surface area (Å²) in [5.74, 6) is -2.61. The molecule has 0 saturated heterocycles. The molecule has 0 unspecified atom stereocenters. The largest absolute Gasteiger partial charge is 0.348 e. The lowest BCUT2D eigenvalue weighted by atomic mass is 10.0. The Labute approximate surface area is 236 Å². The Kier molecular flexibility index (Phi) is 8.92. The lowest BCUT2D eigenvalue weighted by Gasteiger charge is -2.01. The third-order valence-electron chi connectivity index (χ3n) is 6.98. The molecule has 0 aliphatic rings. The molecule has 4 aromatic rings. The first-order valence-electron chi connectivity index (χ1n) is 13.2. The quantitative estimate of drug-likeness (QED) is 0.246. The fourth-order valence-corrected chi connectivity index (χ4v) is 4.96. The second-order valence-electron chi connectivity index (χ2n) is 10.3. The third kappa shape index (κ3) is 6.83. The number of halogens is 2. The van der Waals surface area contributed by atoms with Crippen molar-refractivity contribution in [2.45, 2.75) is 32.1 Å². The van der Waals surface area contributed by atoms with Gasteiger partial charge in [-0.2, -0.15) is 0 Å². The van der Waals surface area contributed by atoms with Crippen LogP contribution >= 0.6 is 0 Å². The maximum absolute atomic E-state index is 14.0. The van der Waals surface area contributed by atoms with E-state index in [1.54, 1.807) is 71.6 Å². The van der Waals surface area contributed by atoms with Crippen LogP contribution in [0.15, 0.2) is 55.0 Å². The summed E-state index contributed by atoms with van der Waals surface area (Å²) in [7, 11) is 5.17. The smallest absolute Gasteiger partial charge is 0.183 e. The van der Waals surface area contributed by atoms with Gasteiger partial charge in [0.25, 0.3) is 0 Å². The highest BCUT2D eigenvalue weighted by molar-refractivity contribution is 6.00. The van der Waals surface area contributed by atoms with Crippen LogP contribution in [-0.2, 0) is 40.4 Å². The number of aromatic nitrogens is 3. The second kappa shape index (κ2) is 12.4. The third-order valence-corrected chi connectivity index (χ3v) is 6.98. The van der Waals surface area contributed by atoms with Crippen LogP contribution in [-0.4, -0.2) is 43.4 Å². The summed E-state index contributed by atoms with van der Waals surface area (Å²) >= 11 is 0. The number of hydrogen-bond acceptors (Lipinski definition) is 5. The molecule has 0 aliphatic carbocycles. The van der Waals surface area contributed by atoms with E-state index in [1.165, 1.54) is 0 Å². The predicted molar refractivity (Wildman–Crippen MR) is 149 cm³/mol. The van der Waals surface area contributed by atoms with Gasteiger partial charge in [-0.1, -0.05) is 0 Å². The maximum Gasteiger partial charge on any atom is 0.183 e. The van der Waals surface area contributed by atoms with Gasteiger partial charge in [-0.25, -0.2) is 8.78 Å². The van der Waals surface area contributed by atoms with Gasteiger partial charge < -0.3 is 19.4 Å². The normalized spacial score (nSPS) is 11.2. The molecule has 10 heteroatoms. The van der Waals surface area contributed by atoms with Crippen molar-refractivity contribution < 1.29 is 28.0 Å². The van der Waals surface area contributed by atoms with Gasteiger partial charge in [-0.05, 0) is 60.0 Å². The molecule has 0 atom stereocenters. The minimum Gasteiger partial charge on any atom is -0.348 e. The summed E-state index contributed by atoms with van der Waals surface area (Å²) < 4.78 is 32.2. The van der Waals surface area contributed by atoms with Crippen LogP contribution < -0.4 is 5.73 Å². The van der Waals surface area contributed by atoms with Crippen molar-refractivity contribution >= 4 is 23.1 Å². The van der Waals surface area contributed by atoms with Crippen molar-refractivity contribution in [1.82, 2.24) is 13.7 Å². The van der Waals surface area contributed by atoms with Gasteiger partial charge in [0.2, 0.25) is 0 Å². The van der Waals surface area contributed by atoms with Crippen LogP contribution in [0.5, 0.6) is 0 Å². The number of benzene rings is 1. The van der Waals surface area contributed by atoms with E-state index in [2.05, 4.69) is 0 Å². The monoisotopic (exact) mass is 562 g/mol. The Morgan fingerprint density at radius 3 is 1.54 bits per heavy atom. The summed E-state index contributed by atoms with van der Waals surface area (Å²) in [5, 5.41) is 0. The van der Waals surface area contributed by atoms with Crippen LogP contribution in [0.4, 0.5) is 8.78 Å². The van der Waals surface area contributed by atoms with E-state index in [-0.39, 0.29) is 42.2 Å². The minimum absolute atomic E-state index is 0.0212. The Hall–Kier alpha value is -4.44. The Morgan fingerprint density at radius 2 is 1.10 bits per heavy atom. The topological polar surface area (TPSA) is 109 Å². The molecular weight excluding hydrogens is 530 g/mol. The van der Waals surface area contributed by atoms with Crippen LogP contribution in [0.1, 0.15) is 71.4 Å². The van der Waals surface area contributed by atoms with Gasteiger partial charge >= 0.3 is 0 Å². The van der Waals surface area contributed by atoms with Crippen LogP contribution in [0.25, 0.3) is 0 Å². The van der Waals surface area contributed by atoms with Crippen molar-refractivity contribution in [3.63, 3.8) is 0 Å². The van der Waals surface area contributed by atoms with E-state index in [4.69, 9.17) is 5.73 Å². The van der Waals surface area contributed by atoms with E-state index >= 15 is 0 Å². The summed E-state index contributed by atoms with van der Waals surface area (Å²) in [6.45, 7) is 0.434. The van der Waals surface area contributed by atoms with Crippen molar-refractivity contribution in [1.29, 1.82) is 0 Å². The highest BCUT2D eigenvalue weighted by Crippen LogP contribution is 2.19. The first-order chi connectivity index (χ1) is 19.5. The SMILES string of the molecule is Cn1cc(CC(=O)c2cc(CC(=O)c3cc(CC(=O)c4ccc(F)cc4F)cn3C)cn2C)cc1C(=O)CCCN. The van der Waals surface area contributed by atoms with Gasteiger partial charge in [0.05, 0.1) is 22.6 Å². The minimum atomic E-state index is -0.930. The highest BCUT2D eigenvalue weighted by atomic mass is 19.1. The number of carbonyl (C=O) groups excluding carboxylic acids is 4. The fraction of sp³-hybridized carbons (Fsp3) is 0.290. The highest BCUT2D eigenvalue weighted by Gasteiger charge is 2.20. The van der Waals surface area contributed by atoms with Crippen molar-refractivity contribution in [2.75, 3.05) is 6.54 Å². The van der Waals surface area contributed by atoms with E-state index in [0.29, 0.717) is 53.7 Å². The molecule has 4 rings (SSSR count). The first-order valence-corrected chi connectivity index (χ1v) is 13.2. The number of nitrogens with two attached hydrogens (primary N) is 1. The number of ketones is 4. The Bertz CT molecular complexity index is 1640. The lowest BCUT2D eigenvalue weighted by molar-refractivity contribution is 0.0966. The van der Waals surface area contributed by atoms with E-state index < -0.39 is 17.4 Å². The summed E-state index contributed by atoms with van der Waals surface area (Å²) in [5.41, 5.74) is 8.52. The molecule has 3 aromatic heterocycles. The molecule has 0 radical (unpaired) electrons. The molecule has 41 heavy (non-hydrogen) atoms. The number of aryl methyl sites for hydroxylation is 3. The Morgan fingerprint density at radius 1 is 0.659 bits per heavy atom. The van der Waals surface area contributed by atoms with Gasteiger partial charge in [-0.3, -0.25) is 19.2 Å². The van der Waals surface area contributed by atoms with Gasteiger partial charge in [-0.15, -0.1) is 0 Å². The van der Waals surface area contributed by atoms with Gasteiger partial charge in [0, 0.05) is 71.5 Å². The first kappa shape index (κ1) is 29.5. The standard InChI is InChI=1S/C31H32F2N4O4/c1-35-17-20(9-25(35)28(38)5-4-8-34)13-30(40)27-11-21(18-37(27)3)14-31(41)26-10-19(16-36(26)2)12-29(39)23-7-6-22(32)15-24(23)33/h6-7,9-11,15-18H,4-5,8,12-14,34H2,1-3H3. The zero-order valence-corrected chi connectivity index (χ0v) is 23.2. The number of hydrogen-bond donors (Lipinski definition) is 1. The second-order valence-corrected chi connectivity index (χ2v) is 10.3. The molecule has 0 aliphatic heterocycles. The summed E-state index contributed by atoms with van der Waals surface area (Å²) in [6, 6.07) is 7.79. The average Bonchev–Trinajstić information content (AvgIpc) is 3.58. The maximum atomic E-state index is 14.0. The van der Waals surface area contributed by atoms with E-state index in [0.717, 1.165) is 17.7 Å².